The number of ether oxygens (including phenoxy) is 1. The highest BCUT2D eigenvalue weighted by molar-refractivity contribution is 7.84. The molecule has 3 aromatic rings. The molecule has 8 heteroatoms. The normalized spacial score (nSPS) is 12.2. The van der Waals surface area contributed by atoms with E-state index in [1.807, 2.05) is 0 Å². The van der Waals surface area contributed by atoms with Crippen LogP contribution in [0.2, 0.25) is 0 Å². The lowest BCUT2D eigenvalue weighted by Gasteiger charge is -2.05. The first-order chi connectivity index (χ1) is 10.5. The molecule has 2 aromatic heterocycles. The number of aromatic nitrogens is 2. The van der Waals surface area contributed by atoms with Crippen LogP contribution < -0.4 is 4.74 Å². The highest BCUT2D eigenvalue weighted by atomic mass is 32.2. The number of carboxylic acids is 1. The first-order valence-electron chi connectivity index (χ1n) is 6.14. The van der Waals surface area contributed by atoms with Crippen molar-refractivity contribution in [2.45, 2.75) is 5.22 Å². The largest absolute Gasteiger partial charge is 0.477 e. The van der Waals surface area contributed by atoms with Crippen molar-refractivity contribution in [2.75, 3.05) is 6.26 Å². The number of benzene rings is 1. The molecule has 1 atom stereocenters. The zero-order chi connectivity index (χ0) is 15.7. The summed E-state index contributed by atoms with van der Waals surface area (Å²) in [7, 11) is -1.31. The lowest BCUT2D eigenvalue weighted by molar-refractivity contribution is 0.0690. The summed E-state index contributed by atoms with van der Waals surface area (Å²) < 4.78 is 22.3. The van der Waals surface area contributed by atoms with Crippen molar-refractivity contribution in [3.63, 3.8) is 0 Å². The Hall–Kier alpha value is -2.74. The van der Waals surface area contributed by atoms with Gasteiger partial charge in [0, 0.05) is 24.6 Å². The molecule has 2 heterocycles. The second kappa shape index (κ2) is 5.57. The van der Waals surface area contributed by atoms with Crippen LogP contribution in [0.4, 0.5) is 0 Å². The minimum atomic E-state index is -1.31. The molecule has 0 bridgehead atoms. The molecule has 0 aliphatic carbocycles. The number of hydrogen-bond acceptors (Lipinski definition) is 6. The number of carboxylic acid groups (broad SMARTS) is 1. The Morgan fingerprint density at radius 1 is 1.27 bits per heavy atom. The summed E-state index contributed by atoms with van der Waals surface area (Å²) in [6.45, 7) is 0. The number of aromatic carboxylic acids is 1. The molecule has 1 unspecified atom stereocenters. The standard InChI is InChI=1S/C14H10N2O5S/c1-22(19)14-16-10-3-2-8(7-12(10)21-14)20-9-4-5-15-11(6-9)13(17)18/h2-7H,1H3,(H,17,18). The van der Waals surface area contributed by atoms with E-state index in [4.69, 9.17) is 14.3 Å². The number of oxazole rings is 1. The van der Waals surface area contributed by atoms with Crippen molar-refractivity contribution >= 4 is 27.9 Å². The van der Waals surface area contributed by atoms with E-state index in [2.05, 4.69) is 9.97 Å². The summed E-state index contributed by atoms with van der Waals surface area (Å²) in [5.41, 5.74) is 0.899. The topological polar surface area (TPSA) is 103 Å². The summed E-state index contributed by atoms with van der Waals surface area (Å²) in [6, 6.07) is 7.79. The van der Waals surface area contributed by atoms with Gasteiger partial charge in [-0.25, -0.2) is 19.0 Å². The Morgan fingerprint density at radius 3 is 2.77 bits per heavy atom. The number of fused-ring (bicyclic) bond motifs is 1. The zero-order valence-corrected chi connectivity index (χ0v) is 12.2. The van der Waals surface area contributed by atoms with Gasteiger partial charge in [0.05, 0.1) is 0 Å². The smallest absolute Gasteiger partial charge is 0.354 e. The van der Waals surface area contributed by atoms with Gasteiger partial charge in [-0.2, -0.15) is 0 Å². The third-order valence-corrected chi connectivity index (χ3v) is 3.44. The van der Waals surface area contributed by atoms with Crippen LogP contribution in [0, 0.1) is 0 Å². The minimum absolute atomic E-state index is 0.109. The van der Waals surface area contributed by atoms with E-state index in [0.717, 1.165) is 0 Å². The Labute approximate surface area is 127 Å². The number of pyridine rings is 1. The first kappa shape index (κ1) is 14.2. The molecule has 0 aliphatic heterocycles. The Morgan fingerprint density at radius 2 is 2.05 bits per heavy atom. The number of carbonyl (C=O) groups is 1. The fourth-order valence-corrected chi connectivity index (χ4v) is 2.23. The van der Waals surface area contributed by atoms with E-state index in [1.165, 1.54) is 18.5 Å². The molecular weight excluding hydrogens is 308 g/mol. The molecule has 0 saturated carbocycles. The minimum Gasteiger partial charge on any atom is -0.477 e. The molecule has 0 amide bonds. The van der Waals surface area contributed by atoms with Crippen molar-refractivity contribution < 1.29 is 23.3 Å². The molecular formula is C14H10N2O5S. The van der Waals surface area contributed by atoms with Gasteiger partial charge >= 0.3 is 5.97 Å². The Balaban J connectivity index is 1.92. The fraction of sp³-hybridized carbons (Fsp3) is 0.0714. The van der Waals surface area contributed by atoms with Crippen LogP contribution >= 0.6 is 0 Å². The van der Waals surface area contributed by atoms with Gasteiger partial charge in [-0.15, -0.1) is 0 Å². The highest BCUT2D eigenvalue weighted by Crippen LogP contribution is 2.26. The van der Waals surface area contributed by atoms with Crippen LogP contribution in [-0.4, -0.2) is 31.5 Å². The average molecular weight is 318 g/mol. The van der Waals surface area contributed by atoms with Gasteiger partial charge in [0.2, 0.25) is 0 Å². The number of hydrogen-bond donors (Lipinski definition) is 1. The van der Waals surface area contributed by atoms with Crippen LogP contribution in [0.3, 0.4) is 0 Å². The molecule has 112 valence electrons. The Bertz CT molecular complexity index is 890. The first-order valence-corrected chi connectivity index (χ1v) is 7.70. The maximum Gasteiger partial charge on any atom is 0.354 e. The van der Waals surface area contributed by atoms with E-state index in [0.29, 0.717) is 22.6 Å². The van der Waals surface area contributed by atoms with Gasteiger partial charge in [0.25, 0.3) is 5.22 Å². The molecule has 0 saturated heterocycles. The monoisotopic (exact) mass is 318 g/mol. The van der Waals surface area contributed by atoms with Gasteiger partial charge in [-0.3, -0.25) is 0 Å². The summed E-state index contributed by atoms with van der Waals surface area (Å²) in [6.07, 6.45) is 2.83. The fourth-order valence-electron chi connectivity index (χ4n) is 1.80. The second-order valence-corrected chi connectivity index (χ2v) is 5.60. The van der Waals surface area contributed by atoms with Crippen molar-refractivity contribution in [2.24, 2.45) is 0 Å². The number of rotatable bonds is 4. The van der Waals surface area contributed by atoms with E-state index in [9.17, 15) is 9.00 Å². The van der Waals surface area contributed by atoms with Crippen LogP contribution in [0.5, 0.6) is 11.5 Å². The summed E-state index contributed by atoms with van der Waals surface area (Å²) in [4.78, 5) is 18.7. The van der Waals surface area contributed by atoms with Crippen molar-refractivity contribution in [1.82, 2.24) is 9.97 Å². The van der Waals surface area contributed by atoms with E-state index in [-0.39, 0.29) is 10.9 Å². The summed E-state index contributed by atoms with van der Waals surface area (Å²) in [5.74, 6) is -0.351. The van der Waals surface area contributed by atoms with Crippen LogP contribution in [0.15, 0.2) is 46.2 Å². The molecule has 22 heavy (non-hydrogen) atoms. The molecule has 7 nitrogen and oxygen atoms in total. The van der Waals surface area contributed by atoms with Crippen molar-refractivity contribution in [3.05, 3.63) is 42.2 Å². The van der Waals surface area contributed by atoms with Gasteiger partial charge in [0.15, 0.2) is 11.3 Å². The van der Waals surface area contributed by atoms with Crippen LogP contribution in [-0.2, 0) is 10.8 Å². The van der Waals surface area contributed by atoms with E-state index >= 15 is 0 Å². The van der Waals surface area contributed by atoms with Crippen LogP contribution in [0.1, 0.15) is 10.5 Å². The zero-order valence-electron chi connectivity index (χ0n) is 11.3. The van der Waals surface area contributed by atoms with Gasteiger partial charge in [0.1, 0.15) is 27.8 Å². The quantitative estimate of drug-likeness (QED) is 0.788. The molecule has 3 rings (SSSR count). The molecule has 1 aromatic carbocycles. The predicted molar refractivity (Wildman–Crippen MR) is 77.6 cm³/mol. The predicted octanol–water partition coefficient (Wildman–Crippen LogP) is 2.45. The average Bonchev–Trinajstić information content (AvgIpc) is 2.91. The molecule has 0 spiro atoms. The maximum absolute atomic E-state index is 11.4. The van der Waals surface area contributed by atoms with Gasteiger partial charge < -0.3 is 14.3 Å². The van der Waals surface area contributed by atoms with Crippen molar-refractivity contribution in [3.8, 4) is 11.5 Å². The van der Waals surface area contributed by atoms with Crippen molar-refractivity contribution in [1.29, 1.82) is 0 Å². The summed E-state index contributed by atoms with van der Waals surface area (Å²) >= 11 is 0. The van der Waals surface area contributed by atoms with Gasteiger partial charge in [-0.05, 0) is 18.2 Å². The molecule has 1 N–H and O–H groups in total. The molecule has 0 radical (unpaired) electrons. The maximum atomic E-state index is 11.4. The second-order valence-electron chi connectivity index (χ2n) is 4.35. The van der Waals surface area contributed by atoms with Gasteiger partial charge in [-0.1, -0.05) is 0 Å². The lowest BCUT2D eigenvalue weighted by Crippen LogP contribution is -1.99. The molecule has 0 aliphatic rings. The third kappa shape index (κ3) is 2.82. The molecule has 0 fully saturated rings. The summed E-state index contributed by atoms with van der Waals surface area (Å²) in [5, 5.41) is 9.04. The lowest BCUT2D eigenvalue weighted by atomic mass is 10.3. The van der Waals surface area contributed by atoms with E-state index in [1.54, 1.807) is 24.3 Å². The Kier molecular flexibility index (Phi) is 3.60. The number of nitrogens with zero attached hydrogens (tertiary/aromatic N) is 2. The SMILES string of the molecule is CS(=O)c1nc2ccc(Oc3ccnc(C(=O)O)c3)cc2o1. The van der Waals surface area contributed by atoms with E-state index < -0.39 is 16.8 Å². The highest BCUT2D eigenvalue weighted by Gasteiger charge is 2.11. The van der Waals surface area contributed by atoms with Crippen LogP contribution in [0.25, 0.3) is 11.1 Å². The third-order valence-electron chi connectivity index (χ3n) is 2.77.